The van der Waals surface area contributed by atoms with Crippen LogP contribution in [0.1, 0.15) is 10.5 Å². The summed E-state index contributed by atoms with van der Waals surface area (Å²) in [5, 5.41) is 8.03. The number of hydrogen-bond acceptors (Lipinski definition) is 6. The number of aromatic nitrogens is 3. The summed E-state index contributed by atoms with van der Waals surface area (Å²) in [6.07, 6.45) is 0. The van der Waals surface area contributed by atoms with Crippen molar-refractivity contribution in [3.63, 3.8) is 0 Å². The van der Waals surface area contributed by atoms with Crippen LogP contribution in [0.2, 0.25) is 0 Å². The number of hydrogen-bond donors (Lipinski definition) is 3. The van der Waals surface area contributed by atoms with E-state index in [2.05, 4.69) is 25.5 Å². The van der Waals surface area contributed by atoms with Crippen LogP contribution in [0.25, 0.3) is 16.2 Å². The van der Waals surface area contributed by atoms with Gasteiger partial charge >= 0.3 is 5.69 Å². The molecule has 1 aliphatic heterocycles. The Bertz CT molecular complexity index is 1320. The summed E-state index contributed by atoms with van der Waals surface area (Å²) in [6, 6.07) is 11.6. The highest BCUT2D eigenvalue weighted by Gasteiger charge is 2.19. The first-order valence-corrected chi connectivity index (χ1v) is 10.7. The Labute approximate surface area is 180 Å². The molecule has 3 N–H and O–H groups in total. The van der Waals surface area contributed by atoms with Crippen molar-refractivity contribution < 1.29 is 9.18 Å². The van der Waals surface area contributed by atoms with E-state index in [4.69, 9.17) is 0 Å². The summed E-state index contributed by atoms with van der Waals surface area (Å²) in [6.45, 7) is 3.16. The number of rotatable bonds is 4. The molecular weight excluding hydrogens is 419 g/mol. The predicted octanol–water partition coefficient (Wildman–Crippen LogP) is 2.58. The van der Waals surface area contributed by atoms with Crippen LogP contribution >= 0.6 is 11.3 Å². The van der Waals surface area contributed by atoms with Gasteiger partial charge in [-0.05, 0) is 30.3 Å². The SMILES string of the molecule is O=C(Nc1cc(F)ccc1N1CCNCC1)c1csc(-n2c(=O)[nH]c3ccccc32)n1. The van der Waals surface area contributed by atoms with Crippen LogP contribution in [0.5, 0.6) is 0 Å². The summed E-state index contributed by atoms with van der Waals surface area (Å²) in [5.74, 6) is -0.893. The Morgan fingerprint density at radius 2 is 1.97 bits per heavy atom. The zero-order valence-corrected chi connectivity index (χ0v) is 17.2. The first-order chi connectivity index (χ1) is 15.1. The Morgan fingerprint density at radius 3 is 2.81 bits per heavy atom. The van der Waals surface area contributed by atoms with Gasteiger partial charge in [-0.3, -0.25) is 4.79 Å². The number of imidazole rings is 1. The van der Waals surface area contributed by atoms with Gasteiger partial charge in [0.2, 0.25) is 0 Å². The Kier molecular flexibility index (Phi) is 5.00. The molecule has 2 aromatic heterocycles. The zero-order chi connectivity index (χ0) is 21.4. The molecule has 0 aliphatic carbocycles. The molecule has 4 aromatic rings. The predicted molar refractivity (Wildman–Crippen MR) is 119 cm³/mol. The minimum atomic E-state index is -0.461. The lowest BCUT2D eigenvalue weighted by Crippen LogP contribution is -2.43. The maximum absolute atomic E-state index is 13.9. The molecule has 31 heavy (non-hydrogen) atoms. The van der Waals surface area contributed by atoms with Gasteiger partial charge in [-0.15, -0.1) is 11.3 Å². The van der Waals surface area contributed by atoms with E-state index >= 15 is 0 Å². The quantitative estimate of drug-likeness (QED) is 0.455. The number of fused-ring (bicyclic) bond motifs is 1. The van der Waals surface area contributed by atoms with Crippen molar-refractivity contribution in [3.8, 4) is 5.13 Å². The van der Waals surface area contributed by atoms with Crippen molar-refractivity contribution >= 4 is 39.7 Å². The van der Waals surface area contributed by atoms with Gasteiger partial charge in [0, 0.05) is 31.6 Å². The first kappa shape index (κ1) is 19.5. The highest BCUT2D eigenvalue weighted by atomic mass is 32.1. The molecule has 158 valence electrons. The fourth-order valence-corrected chi connectivity index (χ4v) is 4.51. The number of amides is 1. The van der Waals surface area contributed by atoms with Gasteiger partial charge in [-0.25, -0.2) is 18.7 Å². The standard InChI is InChI=1S/C21H19FN6O2S/c22-13-5-6-17(27-9-7-23-8-10-27)15(11-13)24-19(29)16-12-31-21(26-16)28-18-4-2-1-3-14(18)25-20(28)30/h1-6,11-12,23H,7-10H2,(H,24,29)(H,25,30). The van der Waals surface area contributed by atoms with Crippen LogP contribution in [0, 0.1) is 5.82 Å². The Morgan fingerprint density at radius 1 is 1.16 bits per heavy atom. The van der Waals surface area contributed by atoms with Crippen LogP contribution in [0.15, 0.2) is 52.6 Å². The molecule has 1 aliphatic rings. The van der Waals surface area contributed by atoms with Gasteiger partial charge in [0.25, 0.3) is 5.91 Å². The number of piperazine rings is 1. The molecule has 1 fully saturated rings. The lowest BCUT2D eigenvalue weighted by Gasteiger charge is -2.31. The molecule has 5 rings (SSSR count). The van der Waals surface area contributed by atoms with Crippen molar-refractivity contribution in [1.29, 1.82) is 0 Å². The Balaban J connectivity index is 1.44. The fraction of sp³-hybridized carbons (Fsp3) is 0.190. The van der Waals surface area contributed by atoms with Gasteiger partial charge in [0.05, 0.1) is 22.4 Å². The zero-order valence-electron chi connectivity index (χ0n) is 16.4. The third-order valence-electron chi connectivity index (χ3n) is 5.17. The van der Waals surface area contributed by atoms with E-state index in [1.807, 2.05) is 12.1 Å². The summed E-state index contributed by atoms with van der Waals surface area (Å²) in [4.78, 5) is 34.5. The van der Waals surface area contributed by atoms with E-state index in [1.54, 1.807) is 23.6 Å². The van der Waals surface area contributed by atoms with Gasteiger partial charge < -0.3 is 20.5 Å². The summed E-state index contributed by atoms with van der Waals surface area (Å²) < 4.78 is 15.3. The molecule has 0 spiro atoms. The summed E-state index contributed by atoms with van der Waals surface area (Å²) in [7, 11) is 0. The highest BCUT2D eigenvalue weighted by Crippen LogP contribution is 2.28. The number of para-hydroxylation sites is 2. The smallest absolute Gasteiger partial charge is 0.332 e. The van der Waals surface area contributed by atoms with E-state index in [9.17, 15) is 14.0 Å². The summed E-state index contributed by atoms with van der Waals surface area (Å²) in [5.41, 5.74) is 2.36. The number of carbonyl (C=O) groups is 1. The molecule has 1 saturated heterocycles. The van der Waals surface area contributed by atoms with E-state index in [1.165, 1.54) is 28.0 Å². The van der Waals surface area contributed by atoms with Gasteiger partial charge in [-0.2, -0.15) is 0 Å². The molecule has 3 heterocycles. The Hall–Kier alpha value is -3.50. The van der Waals surface area contributed by atoms with Crippen molar-refractivity contribution in [2.45, 2.75) is 0 Å². The van der Waals surface area contributed by atoms with Crippen molar-refractivity contribution in [1.82, 2.24) is 19.9 Å². The number of H-pyrrole nitrogens is 1. The topological polar surface area (TPSA) is 95.0 Å². The van der Waals surface area contributed by atoms with E-state index in [0.29, 0.717) is 21.9 Å². The third kappa shape index (κ3) is 3.71. The van der Waals surface area contributed by atoms with E-state index in [0.717, 1.165) is 31.9 Å². The molecule has 0 bridgehead atoms. The average Bonchev–Trinajstić information content (AvgIpc) is 3.38. The number of carbonyl (C=O) groups excluding carboxylic acids is 1. The number of nitrogens with one attached hydrogen (secondary N) is 3. The molecule has 1 amide bonds. The normalized spacial score (nSPS) is 14.2. The highest BCUT2D eigenvalue weighted by molar-refractivity contribution is 7.12. The number of nitrogens with zero attached hydrogens (tertiary/aromatic N) is 3. The molecule has 2 aromatic carbocycles. The maximum atomic E-state index is 13.9. The van der Waals surface area contributed by atoms with Crippen molar-refractivity contribution in [2.75, 3.05) is 36.4 Å². The van der Waals surface area contributed by atoms with E-state index in [-0.39, 0.29) is 11.4 Å². The number of thiazole rings is 1. The van der Waals surface area contributed by atoms with Crippen LogP contribution in [0.4, 0.5) is 15.8 Å². The lowest BCUT2D eigenvalue weighted by molar-refractivity contribution is 0.102. The van der Waals surface area contributed by atoms with Crippen LogP contribution in [-0.4, -0.2) is 46.6 Å². The molecule has 0 unspecified atom stereocenters. The second kappa shape index (κ2) is 7.97. The third-order valence-corrected chi connectivity index (χ3v) is 6.00. The molecule has 10 heteroatoms. The van der Waals surface area contributed by atoms with E-state index < -0.39 is 11.7 Å². The van der Waals surface area contributed by atoms with Crippen molar-refractivity contribution in [3.05, 3.63) is 69.8 Å². The van der Waals surface area contributed by atoms with Crippen molar-refractivity contribution in [2.24, 2.45) is 0 Å². The van der Waals surface area contributed by atoms with Crippen LogP contribution < -0.4 is 21.2 Å². The molecule has 0 radical (unpaired) electrons. The van der Waals surface area contributed by atoms with Crippen LogP contribution in [0.3, 0.4) is 0 Å². The van der Waals surface area contributed by atoms with Crippen LogP contribution in [-0.2, 0) is 0 Å². The number of benzene rings is 2. The summed E-state index contributed by atoms with van der Waals surface area (Å²) >= 11 is 1.19. The van der Waals surface area contributed by atoms with Gasteiger partial charge in [-0.1, -0.05) is 12.1 Å². The maximum Gasteiger partial charge on any atom is 0.332 e. The minimum Gasteiger partial charge on any atom is -0.367 e. The largest absolute Gasteiger partial charge is 0.367 e. The number of aromatic amines is 1. The molecule has 0 saturated carbocycles. The molecule has 0 atom stereocenters. The lowest BCUT2D eigenvalue weighted by atomic mass is 10.2. The number of halogens is 1. The van der Waals surface area contributed by atoms with Gasteiger partial charge in [0.1, 0.15) is 11.5 Å². The monoisotopic (exact) mass is 438 g/mol. The molecule has 8 nitrogen and oxygen atoms in total. The second-order valence-corrected chi connectivity index (χ2v) is 7.99. The number of anilines is 2. The minimum absolute atomic E-state index is 0.160. The second-order valence-electron chi connectivity index (χ2n) is 7.15. The molecular formula is C21H19FN6O2S. The fourth-order valence-electron chi connectivity index (χ4n) is 3.69. The first-order valence-electron chi connectivity index (χ1n) is 9.82. The van der Waals surface area contributed by atoms with Gasteiger partial charge in [0.15, 0.2) is 5.13 Å². The average molecular weight is 438 g/mol.